The van der Waals surface area contributed by atoms with Crippen molar-refractivity contribution in [2.24, 2.45) is 0 Å². The number of nitrogens with zero attached hydrogens (tertiary/aromatic N) is 1. The summed E-state index contributed by atoms with van der Waals surface area (Å²) in [6.45, 7) is -0.502. The van der Waals surface area contributed by atoms with Crippen LogP contribution in [0.1, 0.15) is 15.9 Å². The standard InChI is InChI=1S/C14H15FN2O3/c1-16-13(19)9-17(2)14(20)12-8-11(15)6-5-10(12)4-3-7-18/h5-6,8,18H,7,9H2,1-2H3,(H,16,19). The molecule has 0 aliphatic rings. The molecular formula is C14H15FN2O3. The Morgan fingerprint density at radius 3 is 2.75 bits per heavy atom. The van der Waals surface area contributed by atoms with Gasteiger partial charge in [0, 0.05) is 19.7 Å². The van der Waals surface area contributed by atoms with Gasteiger partial charge in [-0.1, -0.05) is 11.8 Å². The third kappa shape index (κ3) is 4.07. The van der Waals surface area contributed by atoms with Gasteiger partial charge in [0.1, 0.15) is 12.4 Å². The third-order valence-corrected chi connectivity index (χ3v) is 2.52. The van der Waals surface area contributed by atoms with Crippen LogP contribution in [0.3, 0.4) is 0 Å². The van der Waals surface area contributed by atoms with Crippen LogP contribution in [0.15, 0.2) is 18.2 Å². The Morgan fingerprint density at radius 1 is 1.45 bits per heavy atom. The smallest absolute Gasteiger partial charge is 0.255 e. The lowest BCUT2D eigenvalue weighted by Crippen LogP contribution is -2.37. The monoisotopic (exact) mass is 278 g/mol. The summed E-state index contributed by atoms with van der Waals surface area (Å²) in [6, 6.07) is 3.60. The number of aliphatic hydroxyl groups is 1. The Kier molecular flexibility index (Phi) is 5.69. The van der Waals surface area contributed by atoms with E-state index in [-0.39, 0.29) is 24.6 Å². The molecule has 0 aromatic heterocycles. The second kappa shape index (κ2) is 7.26. The van der Waals surface area contributed by atoms with Gasteiger partial charge in [0.2, 0.25) is 5.91 Å². The van der Waals surface area contributed by atoms with E-state index in [1.807, 2.05) is 0 Å². The first kappa shape index (κ1) is 15.7. The van der Waals surface area contributed by atoms with E-state index in [0.717, 1.165) is 11.0 Å². The molecule has 106 valence electrons. The van der Waals surface area contributed by atoms with Gasteiger partial charge in [-0.2, -0.15) is 0 Å². The van der Waals surface area contributed by atoms with E-state index in [0.29, 0.717) is 5.56 Å². The highest BCUT2D eigenvalue weighted by Gasteiger charge is 2.17. The molecule has 0 fully saturated rings. The van der Waals surface area contributed by atoms with Crippen LogP contribution in [0.25, 0.3) is 0 Å². The van der Waals surface area contributed by atoms with Crippen LogP contribution in [0.4, 0.5) is 4.39 Å². The molecule has 0 atom stereocenters. The Hall–Kier alpha value is -2.39. The first-order valence-corrected chi connectivity index (χ1v) is 5.85. The van der Waals surface area contributed by atoms with E-state index in [9.17, 15) is 14.0 Å². The van der Waals surface area contributed by atoms with Crippen molar-refractivity contribution in [2.45, 2.75) is 0 Å². The van der Waals surface area contributed by atoms with Gasteiger partial charge in [-0.3, -0.25) is 9.59 Å². The van der Waals surface area contributed by atoms with Gasteiger partial charge in [0.05, 0.1) is 12.1 Å². The molecule has 1 aromatic carbocycles. The van der Waals surface area contributed by atoms with Crippen LogP contribution < -0.4 is 5.32 Å². The number of carbonyl (C=O) groups excluding carboxylic acids is 2. The number of carbonyl (C=O) groups is 2. The van der Waals surface area contributed by atoms with E-state index < -0.39 is 11.7 Å². The largest absolute Gasteiger partial charge is 0.384 e. The molecule has 0 bridgehead atoms. The normalized spacial score (nSPS) is 9.40. The van der Waals surface area contributed by atoms with Crippen molar-refractivity contribution in [1.29, 1.82) is 0 Å². The summed E-state index contributed by atoms with van der Waals surface area (Å²) in [5, 5.41) is 11.1. The predicted molar refractivity (Wildman–Crippen MR) is 71.4 cm³/mol. The van der Waals surface area contributed by atoms with Crippen LogP contribution in [-0.4, -0.2) is 49.1 Å². The number of benzene rings is 1. The van der Waals surface area contributed by atoms with E-state index in [4.69, 9.17) is 5.11 Å². The molecule has 0 heterocycles. The Bertz CT molecular complexity index is 576. The third-order valence-electron chi connectivity index (χ3n) is 2.52. The molecule has 0 aliphatic carbocycles. The molecule has 0 spiro atoms. The van der Waals surface area contributed by atoms with Crippen LogP contribution in [0.2, 0.25) is 0 Å². The topological polar surface area (TPSA) is 69.6 Å². The summed E-state index contributed by atoms with van der Waals surface area (Å²) in [6.07, 6.45) is 0. The Labute approximate surface area is 116 Å². The summed E-state index contributed by atoms with van der Waals surface area (Å²) in [5.41, 5.74) is 0.353. The number of amides is 2. The number of hydrogen-bond donors (Lipinski definition) is 2. The second-order valence-electron chi connectivity index (χ2n) is 3.98. The number of aliphatic hydroxyl groups excluding tert-OH is 1. The van der Waals surface area contributed by atoms with Crippen molar-refractivity contribution in [3.05, 3.63) is 35.1 Å². The molecule has 0 saturated carbocycles. The molecule has 2 amide bonds. The minimum Gasteiger partial charge on any atom is -0.384 e. The van der Waals surface area contributed by atoms with Crippen molar-refractivity contribution >= 4 is 11.8 Å². The van der Waals surface area contributed by atoms with Crippen LogP contribution >= 0.6 is 0 Å². The summed E-state index contributed by atoms with van der Waals surface area (Å²) >= 11 is 0. The van der Waals surface area contributed by atoms with Crippen molar-refractivity contribution < 1.29 is 19.1 Å². The lowest BCUT2D eigenvalue weighted by Gasteiger charge is -2.17. The highest BCUT2D eigenvalue weighted by Crippen LogP contribution is 2.12. The zero-order valence-corrected chi connectivity index (χ0v) is 11.2. The van der Waals surface area contributed by atoms with E-state index in [1.54, 1.807) is 0 Å². The number of nitrogens with one attached hydrogen (secondary N) is 1. The average Bonchev–Trinajstić information content (AvgIpc) is 2.44. The van der Waals surface area contributed by atoms with Gasteiger partial charge >= 0.3 is 0 Å². The molecule has 0 unspecified atom stereocenters. The SMILES string of the molecule is CNC(=O)CN(C)C(=O)c1cc(F)ccc1C#CCO. The first-order valence-electron chi connectivity index (χ1n) is 5.85. The second-order valence-corrected chi connectivity index (χ2v) is 3.98. The first-order chi connectivity index (χ1) is 9.49. The number of halogens is 1. The zero-order chi connectivity index (χ0) is 15.1. The van der Waals surface area contributed by atoms with Crippen molar-refractivity contribution in [1.82, 2.24) is 10.2 Å². The minimum absolute atomic E-state index is 0.0531. The van der Waals surface area contributed by atoms with Crippen LogP contribution in [0.5, 0.6) is 0 Å². The fraction of sp³-hybridized carbons (Fsp3) is 0.286. The van der Waals surface area contributed by atoms with Crippen molar-refractivity contribution in [3.8, 4) is 11.8 Å². The molecule has 0 radical (unpaired) electrons. The van der Waals surface area contributed by atoms with Crippen LogP contribution in [0, 0.1) is 17.7 Å². The maximum Gasteiger partial charge on any atom is 0.255 e. The molecule has 6 heteroatoms. The fourth-order valence-electron chi connectivity index (χ4n) is 1.51. The maximum atomic E-state index is 13.3. The summed E-state index contributed by atoms with van der Waals surface area (Å²) in [4.78, 5) is 24.6. The molecule has 0 aliphatic heterocycles. The Balaban J connectivity index is 3.07. The molecule has 0 saturated heterocycles. The number of rotatable bonds is 3. The molecule has 1 rings (SSSR count). The van der Waals surface area contributed by atoms with E-state index in [1.165, 1.54) is 26.2 Å². The van der Waals surface area contributed by atoms with Crippen LogP contribution in [-0.2, 0) is 4.79 Å². The van der Waals surface area contributed by atoms with E-state index in [2.05, 4.69) is 17.2 Å². The maximum absolute atomic E-state index is 13.3. The zero-order valence-electron chi connectivity index (χ0n) is 11.2. The van der Waals surface area contributed by atoms with Gasteiger partial charge < -0.3 is 15.3 Å². The van der Waals surface area contributed by atoms with Crippen molar-refractivity contribution in [2.75, 3.05) is 27.2 Å². The molecule has 20 heavy (non-hydrogen) atoms. The van der Waals surface area contributed by atoms with Gasteiger partial charge in [-0.05, 0) is 18.2 Å². The molecular weight excluding hydrogens is 263 g/mol. The van der Waals surface area contributed by atoms with Gasteiger partial charge in [-0.15, -0.1) is 0 Å². The fourth-order valence-corrected chi connectivity index (χ4v) is 1.51. The summed E-state index contributed by atoms with van der Waals surface area (Å²) in [5.74, 6) is 3.56. The summed E-state index contributed by atoms with van der Waals surface area (Å²) in [7, 11) is 2.90. The van der Waals surface area contributed by atoms with Gasteiger partial charge in [-0.25, -0.2) is 4.39 Å². The number of hydrogen-bond acceptors (Lipinski definition) is 3. The van der Waals surface area contributed by atoms with Gasteiger partial charge in [0.15, 0.2) is 0 Å². The van der Waals surface area contributed by atoms with Crippen molar-refractivity contribution in [3.63, 3.8) is 0 Å². The molecule has 2 N–H and O–H groups in total. The predicted octanol–water partition coefficient (Wildman–Crippen LogP) is -0.0125. The van der Waals surface area contributed by atoms with Gasteiger partial charge in [0.25, 0.3) is 5.91 Å². The Morgan fingerprint density at radius 2 is 2.15 bits per heavy atom. The highest BCUT2D eigenvalue weighted by atomic mass is 19.1. The van der Waals surface area contributed by atoms with E-state index >= 15 is 0 Å². The lowest BCUT2D eigenvalue weighted by molar-refractivity contribution is -0.121. The highest BCUT2D eigenvalue weighted by molar-refractivity contribution is 5.98. The summed E-state index contributed by atoms with van der Waals surface area (Å²) < 4.78 is 13.3. The quantitative estimate of drug-likeness (QED) is 0.764. The minimum atomic E-state index is -0.573. The average molecular weight is 278 g/mol. The molecule has 1 aromatic rings. The number of likely N-dealkylation sites (N-methyl/N-ethyl adjacent to an activating group) is 2. The lowest BCUT2D eigenvalue weighted by atomic mass is 10.1. The molecule has 5 nitrogen and oxygen atoms in total.